The molecule has 18 heteroatoms. The van der Waals surface area contributed by atoms with Crippen LogP contribution in [0.25, 0.3) is 0 Å². The molecule has 2 aliphatic heterocycles. The Morgan fingerprint density at radius 3 is 1.27 bits per heavy atom. The SMILES string of the molecule is CC(=O)OC1[C@H](OC(C)=O)OC(CNCCNC(=O)CN2CCN(CC(=O)OC(C)(C)C)CCN(CC(=O)OC(C)(C)C)CCN(CC(=O)OC(C)(C)C)CC2)[C@@H](C)[C@@H]1C. The number of carbonyl (C=O) groups is 6. The van der Waals surface area contributed by atoms with Crippen molar-refractivity contribution in [1.82, 2.24) is 30.2 Å². The number of nitrogens with one attached hydrogen (secondary N) is 2. The van der Waals surface area contributed by atoms with E-state index in [9.17, 15) is 28.8 Å². The zero-order valence-electron chi connectivity index (χ0n) is 38.7. The van der Waals surface area contributed by atoms with Gasteiger partial charge in [0, 0.05) is 91.8 Å². The van der Waals surface area contributed by atoms with Crippen molar-refractivity contribution in [1.29, 1.82) is 0 Å². The molecule has 2 saturated heterocycles. The van der Waals surface area contributed by atoms with Gasteiger partial charge in [0.2, 0.25) is 12.2 Å². The van der Waals surface area contributed by atoms with Crippen LogP contribution in [-0.2, 0) is 57.2 Å². The molecular weight excluding hydrogens is 780 g/mol. The van der Waals surface area contributed by atoms with Crippen LogP contribution in [0.5, 0.6) is 0 Å². The van der Waals surface area contributed by atoms with E-state index in [4.69, 9.17) is 28.4 Å². The van der Waals surface area contributed by atoms with E-state index >= 15 is 0 Å². The molecule has 2 unspecified atom stereocenters. The predicted molar refractivity (Wildman–Crippen MR) is 223 cm³/mol. The van der Waals surface area contributed by atoms with Gasteiger partial charge in [-0.2, -0.15) is 0 Å². The maximum Gasteiger partial charge on any atom is 0.320 e. The summed E-state index contributed by atoms with van der Waals surface area (Å²) in [5.41, 5.74) is -1.98. The molecule has 18 nitrogen and oxygen atoms in total. The molecule has 0 saturated carbocycles. The minimum atomic E-state index is -1.03. The summed E-state index contributed by atoms with van der Waals surface area (Å²) in [5, 5.41) is 6.29. The molecule has 0 aromatic heterocycles. The van der Waals surface area contributed by atoms with Crippen molar-refractivity contribution in [3.05, 3.63) is 0 Å². The number of carbonyl (C=O) groups excluding carboxylic acids is 6. The fourth-order valence-corrected chi connectivity index (χ4v) is 6.78. The largest absolute Gasteiger partial charge is 0.459 e. The average molecular weight is 857 g/mol. The first-order valence-electron chi connectivity index (χ1n) is 21.2. The van der Waals surface area contributed by atoms with Crippen LogP contribution in [0.4, 0.5) is 0 Å². The molecule has 0 aromatic carbocycles. The average Bonchev–Trinajstić information content (AvgIpc) is 3.06. The maximum absolute atomic E-state index is 13.4. The molecule has 2 N–H and O–H groups in total. The first-order valence-corrected chi connectivity index (χ1v) is 21.2. The van der Waals surface area contributed by atoms with Crippen molar-refractivity contribution in [3.63, 3.8) is 0 Å². The van der Waals surface area contributed by atoms with E-state index in [1.165, 1.54) is 13.8 Å². The van der Waals surface area contributed by atoms with E-state index in [0.29, 0.717) is 72.0 Å². The van der Waals surface area contributed by atoms with Crippen LogP contribution in [0.3, 0.4) is 0 Å². The summed E-state index contributed by atoms with van der Waals surface area (Å²) in [6.45, 7) is 27.7. The van der Waals surface area contributed by atoms with Crippen molar-refractivity contribution >= 4 is 35.8 Å². The lowest BCUT2D eigenvalue weighted by atomic mass is 9.83. The smallest absolute Gasteiger partial charge is 0.320 e. The quantitative estimate of drug-likeness (QED) is 0.136. The van der Waals surface area contributed by atoms with Gasteiger partial charge in [-0.25, -0.2) is 0 Å². The molecule has 346 valence electrons. The zero-order chi connectivity index (χ0) is 45.4. The van der Waals surface area contributed by atoms with Crippen LogP contribution < -0.4 is 10.6 Å². The summed E-state index contributed by atoms with van der Waals surface area (Å²) in [6, 6.07) is 0. The van der Waals surface area contributed by atoms with Crippen LogP contribution in [0, 0.1) is 11.8 Å². The maximum atomic E-state index is 13.4. The first kappa shape index (κ1) is 52.7. The standard InChI is InChI=1S/C42H76N6O12/c1-29-30(2)38(55-31(3)49)39(56-32(4)50)57-33(29)24-43-14-15-44-34(51)25-45-16-18-46(26-35(52)58-40(5,6)7)20-22-48(28-37(54)60-42(11,12)13)23-21-47(19-17-45)27-36(53)59-41(8,9)10/h29-30,33,38-39,43H,14-28H2,1-13H3,(H,44,51)/t29-,30-,33?,38?,39+/m0/s1. The molecule has 2 fully saturated rings. The van der Waals surface area contributed by atoms with Crippen LogP contribution in [0.15, 0.2) is 0 Å². The Balaban J connectivity index is 2.14. The third-order valence-electron chi connectivity index (χ3n) is 9.68. The highest BCUT2D eigenvalue weighted by molar-refractivity contribution is 5.78. The number of rotatable bonds is 15. The van der Waals surface area contributed by atoms with Gasteiger partial charge in [-0.1, -0.05) is 13.8 Å². The Bertz CT molecular complexity index is 1360. The van der Waals surface area contributed by atoms with Crippen molar-refractivity contribution < 1.29 is 57.2 Å². The lowest BCUT2D eigenvalue weighted by Gasteiger charge is -2.43. The lowest BCUT2D eigenvalue weighted by molar-refractivity contribution is -0.265. The van der Waals surface area contributed by atoms with E-state index in [1.807, 2.05) is 95.8 Å². The molecule has 0 radical (unpaired) electrons. The van der Waals surface area contributed by atoms with Crippen molar-refractivity contribution in [2.24, 2.45) is 11.8 Å². The summed E-state index contributed by atoms with van der Waals surface area (Å²) in [5.74, 6) is -2.51. The van der Waals surface area contributed by atoms with Gasteiger partial charge in [0.15, 0.2) is 6.10 Å². The Morgan fingerprint density at radius 2 is 0.917 bits per heavy atom. The lowest BCUT2D eigenvalue weighted by Crippen LogP contribution is -2.55. The fourth-order valence-electron chi connectivity index (χ4n) is 6.78. The Morgan fingerprint density at radius 1 is 0.550 bits per heavy atom. The number of ether oxygens (including phenoxy) is 6. The number of amides is 1. The normalized spacial score (nSPS) is 23.6. The van der Waals surface area contributed by atoms with Gasteiger partial charge >= 0.3 is 29.8 Å². The van der Waals surface area contributed by atoms with Gasteiger partial charge in [0.05, 0.1) is 32.3 Å². The van der Waals surface area contributed by atoms with Crippen LogP contribution in [-0.4, -0.2) is 189 Å². The van der Waals surface area contributed by atoms with E-state index in [-0.39, 0.29) is 67.9 Å². The summed E-state index contributed by atoms with van der Waals surface area (Å²) in [7, 11) is 0. The number of hydrogen-bond donors (Lipinski definition) is 2. The van der Waals surface area contributed by atoms with E-state index < -0.39 is 41.1 Å². The summed E-state index contributed by atoms with van der Waals surface area (Å²) in [4.78, 5) is 83.8. The molecule has 0 aliphatic carbocycles. The van der Waals surface area contributed by atoms with Crippen LogP contribution in [0.1, 0.15) is 90.0 Å². The number of nitrogens with zero attached hydrogens (tertiary/aromatic N) is 4. The van der Waals surface area contributed by atoms with Crippen LogP contribution in [0.2, 0.25) is 0 Å². The van der Waals surface area contributed by atoms with Crippen LogP contribution >= 0.6 is 0 Å². The minimum absolute atomic E-state index is 0.0299. The fraction of sp³-hybridized carbons (Fsp3) is 0.857. The molecule has 60 heavy (non-hydrogen) atoms. The highest BCUT2D eigenvalue weighted by Crippen LogP contribution is 2.33. The predicted octanol–water partition coefficient (Wildman–Crippen LogP) is 1.43. The zero-order valence-corrected chi connectivity index (χ0v) is 38.7. The van der Waals surface area contributed by atoms with E-state index in [2.05, 4.69) is 10.6 Å². The highest BCUT2D eigenvalue weighted by Gasteiger charge is 2.45. The Labute approximate surface area is 357 Å². The van der Waals surface area contributed by atoms with Crippen molar-refractivity contribution in [2.45, 2.75) is 125 Å². The van der Waals surface area contributed by atoms with Gasteiger partial charge in [-0.05, 0) is 68.2 Å². The first-order chi connectivity index (χ1) is 27.7. The third-order valence-corrected chi connectivity index (χ3v) is 9.68. The number of esters is 5. The molecule has 2 rings (SSSR count). The van der Waals surface area contributed by atoms with Gasteiger partial charge in [0.1, 0.15) is 16.8 Å². The van der Waals surface area contributed by atoms with E-state index in [1.54, 1.807) is 0 Å². The Kier molecular flexibility index (Phi) is 21.3. The Hall–Kier alpha value is -3.42. The minimum Gasteiger partial charge on any atom is -0.459 e. The summed E-state index contributed by atoms with van der Waals surface area (Å²) < 4.78 is 33.8. The second kappa shape index (κ2) is 24.3. The molecule has 2 heterocycles. The molecule has 1 amide bonds. The van der Waals surface area contributed by atoms with Crippen molar-refractivity contribution in [3.8, 4) is 0 Å². The molecule has 2 aliphatic rings. The summed E-state index contributed by atoms with van der Waals surface area (Å²) in [6.07, 6.45) is -2.10. The second-order valence-electron chi connectivity index (χ2n) is 18.9. The third kappa shape index (κ3) is 22.4. The van der Waals surface area contributed by atoms with Crippen molar-refractivity contribution in [2.75, 3.05) is 98.2 Å². The van der Waals surface area contributed by atoms with Gasteiger partial charge < -0.3 is 39.1 Å². The topological polar surface area (TPSA) is 195 Å². The van der Waals surface area contributed by atoms with Gasteiger partial charge in [0.25, 0.3) is 0 Å². The van der Waals surface area contributed by atoms with Gasteiger partial charge in [-0.15, -0.1) is 0 Å². The summed E-state index contributed by atoms with van der Waals surface area (Å²) >= 11 is 0. The van der Waals surface area contributed by atoms with E-state index in [0.717, 1.165) is 0 Å². The molecule has 0 bridgehead atoms. The molecular formula is C42H76N6O12. The molecule has 0 spiro atoms. The molecule has 5 atom stereocenters. The monoisotopic (exact) mass is 857 g/mol. The second-order valence-corrected chi connectivity index (χ2v) is 18.9. The molecule has 0 aromatic rings. The highest BCUT2D eigenvalue weighted by atomic mass is 16.7. The van der Waals surface area contributed by atoms with Gasteiger partial charge in [-0.3, -0.25) is 48.4 Å². The number of hydrogen-bond acceptors (Lipinski definition) is 17.